The predicted molar refractivity (Wildman–Crippen MR) is 66.3 cm³/mol. The van der Waals surface area contributed by atoms with Gasteiger partial charge >= 0.3 is 6.03 Å². The minimum atomic E-state index is 0.0993. The van der Waals surface area contributed by atoms with E-state index in [2.05, 4.69) is 12.2 Å². The molecule has 0 saturated heterocycles. The van der Waals surface area contributed by atoms with Crippen LogP contribution in [0.5, 0.6) is 0 Å². The molecule has 0 atom stereocenters. The minimum Gasteiger partial charge on any atom is -0.338 e. The van der Waals surface area contributed by atoms with Gasteiger partial charge in [-0.1, -0.05) is 19.8 Å². The SMILES string of the molecule is CCCNC(=O)N(CCCN)C1CCCC1. The van der Waals surface area contributed by atoms with Crippen LogP contribution >= 0.6 is 0 Å². The van der Waals surface area contributed by atoms with Crippen LogP contribution in [-0.4, -0.2) is 36.6 Å². The highest BCUT2D eigenvalue weighted by Gasteiger charge is 2.25. The number of nitrogens with two attached hydrogens (primary N) is 1. The maximum atomic E-state index is 12.0. The van der Waals surface area contributed by atoms with E-state index in [1.54, 1.807) is 0 Å². The standard InChI is InChI=1S/C12H25N3O/c1-2-9-14-12(16)15(10-5-8-13)11-6-3-4-7-11/h11H,2-10,13H2,1H3,(H,14,16). The number of amides is 2. The summed E-state index contributed by atoms with van der Waals surface area (Å²) >= 11 is 0. The summed E-state index contributed by atoms with van der Waals surface area (Å²) in [5.74, 6) is 0. The van der Waals surface area contributed by atoms with E-state index in [1.807, 2.05) is 4.90 Å². The van der Waals surface area contributed by atoms with E-state index in [0.717, 1.165) is 38.8 Å². The highest BCUT2D eigenvalue weighted by atomic mass is 16.2. The van der Waals surface area contributed by atoms with Gasteiger partial charge in [0, 0.05) is 19.1 Å². The molecule has 1 saturated carbocycles. The summed E-state index contributed by atoms with van der Waals surface area (Å²) in [7, 11) is 0. The topological polar surface area (TPSA) is 58.4 Å². The molecule has 0 aromatic rings. The molecule has 1 fully saturated rings. The van der Waals surface area contributed by atoms with Crippen molar-refractivity contribution in [3.8, 4) is 0 Å². The van der Waals surface area contributed by atoms with Gasteiger partial charge in [-0.05, 0) is 32.2 Å². The van der Waals surface area contributed by atoms with Crippen LogP contribution in [0.25, 0.3) is 0 Å². The van der Waals surface area contributed by atoms with Gasteiger partial charge in [0.15, 0.2) is 0 Å². The number of urea groups is 1. The Morgan fingerprint density at radius 1 is 1.44 bits per heavy atom. The van der Waals surface area contributed by atoms with Crippen molar-refractivity contribution in [3.05, 3.63) is 0 Å². The van der Waals surface area contributed by atoms with E-state index in [4.69, 9.17) is 5.73 Å². The summed E-state index contributed by atoms with van der Waals surface area (Å²) in [5.41, 5.74) is 5.52. The lowest BCUT2D eigenvalue weighted by Crippen LogP contribution is -2.46. The second kappa shape index (κ2) is 7.49. The van der Waals surface area contributed by atoms with Gasteiger partial charge in [-0.25, -0.2) is 4.79 Å². The van der Waals surface area contributed by atoms with E-state index in [-0.39, 0.29) is 6.03 Å². The lowest BCUT2D eigenvalue weighted by atomic mass is 10.2. The maximum absolute atomic E-state index is 12.0. The number of nitrogens with zero attached hydrogens (tertiary/aromatic N) is 1. The van der Waals surface area contributed by atoms with Gasteiger partial charge in [0.25, 0.3) is 0 Å². The number of rotatable bonds is 6. The van der Waals surface area contributed by atoms with Crippen molar-refractivity contribution < 1.29 is 4.79 Å². The fraction of sp³-hybridized carbons (Fsp3) is 0.917. The molecule has 0 aromatic carbocycles. The molecular weight excluding hydrogens is 202 g/mol. The third-order valence-corrected chi connectivity index (χ3v) is 3.16. The van der Waals surface area contributed by atoms with E-state index in [9.17, 15) is 4.79 Å². The number of carbonyl (C=O) groups excluding carboxylic acids is 1. The van der Waals surface area contributed by atoms with Gasteiger partial charge in [-0.3, -0.25) is 0 Å². The molecular formula is C12H25N3O. The van der Waals surface area contributed by atoms with Gasteiger partial charge in [0.1, 0.15) is 0 Å². The molecule has 3 N–H and O–H groups in total. The molecule has 0 bridgehead atoms. The third kappa shape index (κ3) is 4.00. The molecule has 0 spiro atoms. The Balaban J connectivity index is 2.44. The second-order valence-corrected chi connectivity index (χ2v) is 4.51. The Labute approximate surface area is 98.6 Å². The Morgan fingerprint density at radius 2 is 2.12 bits per heavy atom. The molecule has 2 amide bonds. The lowest BCUT2D eigenvalue weighted by Gasteiger charge is -2.29. The molecule has 4 nitrogen and oxygen atoms in total. The molecule has 1 aliphatic rings. The number of hydrogen-bond acceptors (Lipinski definition) is 2. The molecule has 0 aliphatic heterocycles. The van der Waals surface area contributed by atoms with E-state index >= 15 is 0 Å². The highest BCUT2D eigenvalue weighted by molar-refractivity contribution is 5.74. The Morgan fingerprint density at radius 3 is 2.69 bits per heavy atom. The van der Waals surface area contributed by atoms with Crippen LogP contribution in [0.15, 0.2) is 0 Å². The molecule has 94 valence electrons. The van der Waals surface area contributed by atoms with Crippen molar-refractivity contribution in [1.29, 1.82) is 0 Å². The summed E-state index contributed by atoms with van der Waals surface area (Å²) in [4.78, 5) is 14.0. The summed E-state index contributed by atoms with van der Waals surface area (Å²) in [5, 5.41) is 2.96. The zero-order chi connectivity index (χ0) is 11.8. The zero-order valence-electron chi connectivity index (χ0n) is 10.4. The number of nitrogens with one attached hydrogen (secondary N) is 1. The van der Waals surface area contributed by atoms with Gasteiger partial charge in [-0.15, -0.1) is 0 Å². The summed E-state index contributed by atoms with van der Waals surface area (Å²) < 4.78 is 0. The van der Waals surface area contributed by atoms with Crippen molar-refractivity contribution in [2.24, 2.45) is 5.73 Å². The van der Waals surface area contributed by atoms with E-state index in [0.29, 0.717) is 12.6 Å². The average molecular weight is 227 g/mol. The first-order valence-corrected chi connectivity index (χ1v) is 6.54. The number of hydrogen-bond donors (Lipinski definition) is 2. The lowest BCUT2D eigenvalue weighted by molar-refractivity contribution is 0.174. The quantitative estimate of drug-likeness (QED) is 0.725. The number of carbonyl (C=O) groups is 1. The Bertz CT molecular complexity index is 202. The van der Waals surface area contributed by atoms with Crippen molar-refractivity contribution >= 4 is 6.03 Å². The molecule has 0 heterocycles. The van der Waals surface area contributed by atoms with Crippen LogP contribution in [-0.2, 0) is 0 Å². The van der Waals surface area contributed by atoms with E-state index < -0.39 is 0 Å². The van der Waals surface area contributed by atoms with Crippen LogP contribution in [0.3, 0.4) is 0 Å². The average Bonchev–Trinajstić information content (AvgIpc) is 2.80. The summed E-state index contributed by atoms with van der Waals surface area (Å²) in [6.45, 7) is 4.30. The monoisotopic (exact) mass is 227 g/mol. The molecule has 4 heteroatoms. The molecule has 0 aromatic heterocycles. The fourth-order valence-corrected chi connectivity index (χ4v) is 2.26. The summed E-state index contributed by atoms with van der Waals surface area (Å²) in [6, 6.07) is 0.547. The first-order valence-electron chi connectivity index (χ1n) is 6.54. The predicted octanol–water partition coefficient (Wildman–Crippen LogP) is 1.70. The first kappa shape index (κ1) is 13.3. The van der Waals surface area contributed by atoms with Crippen molar-refractivity contribution in [3.63, 3.8) is 0 Å². The van der Waals surface area contributed by atoms with Crippen molar-refractivity contribution in [2.45, 2.75) is 51.5 Å². The minimum absolute atomic E-state index is 0.0993. The molecule has 16 heavy (non-hydrogen) atoms. The highest BCUT2D eigenvalue weighted by Crippen LogP contribution is 2.23. The molecule has 0 unspecified atom stereocenters. The molecule has 1 aliphatic carbocycles. The van der Waals surface area contributed by atoms with Crippen LogP contribution in [0.1, 0.15) is 45.4 Å². The van der Waals surface area contributed by atoms with Crippen LogP contribution in [0, 0.1) is 0 Å². The second-order valence-electron chi connectivity index (χ2n) is 4.51. The van der Waals surface area contributed by atoms with Crippen LogP contribution in [0.4, 0.5) is 4.79 Å². The zero-order valence-corrected chi connectivity index (χ0v) is 10.4. The third-order valence-electron chi connectivity index (χ3n) is 3.16. The summed E-state index contributed by atoms with van der Waals surface area (Å²) in [6.07, 6.45) is 6.71. The van der Waals surface area contributed by atoms with Gasteiger partial charge < -0.3 is 16.0 Å². The molecule has 0 radical (unpaired) electrons. The van der Waals surface area contributed by atoms with Gasteiger partial charge in [0.2, 0.25) is 0 Å². The van der Waals surface area contributed by atoms with Crippen LogP contribution < -0.4 is 11.1 Å². The van der Waals surface area contributed by atoms with E-state index in [1.165, 1.54) is 12.8 Å². The smallest absolute Gasteiger partial charge is 0.317 e. The van der Waals surface area contributed by atoms with Gasteiger partial charge in [-0.2, -0.15) is 0 Å². The normalized spacial score (nSPS) is 16.4. The van der Waals surface area contributed by atoms with Crippen LogP contribution in [0.2, 0.25) is 0 Å². The largest absolute Gasteiger partial charge is 0.338 e. The Hall–Kier alpha value is -0.770. The van der Waals surface area contributed by atoms with Crippen molar-refractivity contribution in [1.82, 2.24) is 10.2 Å². The molecule has 1 rings (SSSR count). The Kier molecular flexibility index (Phi) is 6.23. The maximum Gasteiger partial charge on any atom is 0.317 e. The fourth-order valence-electron chi connectivity index (χ4n) is 2.26. The van der Waals surface area contributed by atoms with Gasteiger partial charge in [0.05, 0.1) is 0 Å². The van der Waals surface area contributed by atoms with Crippen molar-refractivity contribution in [2.75, 3.05) is 19.6 Å². The first-order chi connectivity index (χ1) is 7.79.